The number of carbonyl (C=O) groups excluding carboxylic acids is 1. The third-order valence-electron chi connectivity index (χ3n) is 3.41. The summed E-state index contributed by atoms with van der Waals surface area (Å²) < 4.78 is 5.04. The Labute approximate surface area is 103 Å². The number of hydrogen-bond acceptors (Lipinski definition) is 2. The highest BCUT2D eigenvalue weighted by atomic mass is 16.5. The van der Waals surface area contributed by atoms with Gasteiger partial charge in [0.1, 0.15) is 0 Å². The molecule has 1 fully saturated rings. The highest BCUT2D eigenvalue weighted by Crippen LogP contribution is 2.48. The fourth-order valence-corrected chi connectivity index (χ4v) is 2.20. The Morgan fingerprint density at radius 3 is 2.53 bits per heavy atom. The molecule has 1 aromatic rings. The van der Waals surface area contributed by atoms with Crippen LogP contribution < -0.4 is 0 Å². The van der Waals surface area contributed by atoms with Crippen LogP contribution in [0.3, 0.4) is 0 Å². The molecule has 0 saturated heterocycles. The van der Waals surface area contributed by atoms with Gasteiger partial charge < -0.3 is 4.74 Å². The van der Waals surface area contributed by atoms with Crippen LogP contribution in [0.15, 0.2) is 24.3 Å². The van der Waals surface area contributed by atoms with Crippen molar-refractivity contribution >= 4 is 5.97 Å². The Morgan fingerprint density at radius 1 is 1.35 bits per heavy atom. The molecule has 1 saturated carbocycles. The lowest BCUT2D eigenvalue weighted by Crippen LogP contribution is -2.07. The molecule has 1 aromatic carbocycles. The van der Waals surface area contributed by atoms with E-state index in [2.05, 4.69) is 38.1 Å². The minimum absolute atomic E-state index is 0.0366. The van der Waals surface area contributed by atoms with Crippen molar-refractivity contribution in [2.45, 2.75) is 39.0 Å². The van der Waals surface area contributed by atoms with Gasteiger partial charge in [0, 0.05) is 0 Å². The summed E-state index contributed by atoms with van der Waals surface area (Å²) in [4.78, 5) is 11.5. The number of carbonyl (C=O) groups is 1. The fourth-order valence-electron chi connectivity index (χ4n) is 2.20. The molecule has 0 unspecified atom stereocenters. The molecule has 2 nitrogen and oxygen atoms in total. The van der Waals surface area contributed by atoms with Crippen LogP contribution in [0.1, 0.15) is 50.2 Å². The molecular weight excluding hydrogens is 212 g/mol. The van der Waals surface area contributed by atoms with E-state index in [1.54, 1.807) is 0 Å². The monoisotopic (exact) mass is 232 g/mol. The predicted molar refractivity (Wildman–Crippen MR) is 68.0 cm³/mol. The van der Waals surface area contributed by atoms with Crippen molar-refractivity contribution in [3.8, 4) is 0 Å². The average Bonchev–Trinajstić information content (AvgIpc) is 3.09. The van der Waals surface area contributed by atoms with Crippen molar-refractivity contribution < 1.29 is 9.53 Å². The van der Waals surface area contributed by atoms with E-state index in [0.29, 0.717) is 18.4 Å². The van der Waals surface area contributed by atoms with Crippen LogP contribution in [-0.2, 0) is 9.53 Å². The Bertz CT molecular complexity index is 392. The molecule has 2 atom stereocenters. The van der Waals surface area contributed by atoms with Crippen LogP contribution in [0.2, 0.25) is 0 Å². The number of rotatable bonds is 4. The normalized spacial score (nSPS) is 22.6. The quantitative estimate of drug-likeness (QED) is 0.743. The van der Waals surface area contributed by atoms with Crippen molar-refractivity contribution in [2.24, 2.45) is 5.92 Å². The van der Waals surface area contributed by atoms with E-state index >= 15 is 0 Å². The summed E-state index contributed by atoms with van der Waals surface area (Å²) in [5.74, 6) is 1.00. The first-order chi connectivity index (χ1) is 8.13. The van der Waals surface area contributed by atoms with Crippen molar-refractivity contribution in [3.05, 3.63) is 35.4 Å². The van der Waals surface area contributed by atoms with Crippen LogP contribution in [0, 0.1) is 5.92 Å². The lowest BCUT2D eigenvalue weighted by molar-refractivity contribution is -0.144. The molecule has 0 aromatic heterocycles. The molecule has 0 bridgehead atoms. The molecule has 0 aliphatic heterocycles. The summed E-state index contributed by atoms with van der Waals surface area (Å²) in [5, 5.41) is 0. The highest BCUT2D eigenvalue weighted by molar-refractivity contribution is 5.77. The van der Waals surface area contributed by atoms with E-state index in [-0.39, 0.29) is 11.9 Å². The number of benzene rings is 1. The third-order valence-corrected chi connectivity index (χ3v) is 3.41. The number of esters is 1. The van der Waals surface area contributed by atoms with E-state index < -0.39 is 0 Å². The highest BCUT2D eigenvalue weighted by Gasteiger charge is 2.44. The third kappa shape index (κ3) is 2.68. The number of hydrogen-bond donors (Lipinski definition) is 0. The molecule has 0 N–H and O–H groups in total. The molecule has 0 heterocycles. The van der Waals surface area contributed by atoms with Gasteiger partial charge in [-0.15, -0.1) is 0 Å². The van der Waals surface area contributed by atoms with E-state index in [0.717, 1.165) is 6.42 Å². The zero-order valence-corrected chi connectivity index (χ0v) is 10.8. The summed E-state index contributed by atoms with van der Waals surface area (Å²) in [5.41, 5.74) is 2.62. The van der Waals surface area contributed by atoms with Crippen LogP contribution >= 0.6 is 0 Å². The maximum atomic E-state index is 11.5. The summed E-state index contributed by atoms with van der Waals surface area (Å²) in [6, 6.07) is 8.64. The van der Waals surface area contributed by atoms with Gasteiger partial charge >= 0.3 is 5.97 Å². The number of ether oxygens (including phenoxy) is 1. The molecule has 2 heteroatoms. The first-order valence-corrected chi connectivity index (χ1v) is 6.40. The molecule has 0 amide bonds. The van der Waals surface area contributed by atoms with Gasteiger partial charge in [0.05, 0.1) is 12.5 Å². The van der Waals surface area contributed by atoms with Gasteiger partial charge in [0.15, 0.2) is 0 Å². The average molecular weight is 232 g/mol. The van der Waals surface area contributed by atoms with Gasteiger partial charge in [0.2, 0.25) is 0 Å². The van der Waals surface area contributed by atoms with Crippen molar-refractivity contribution in [3.63, 3.8) is 0 Å². The van der Waals surface area contributed by atoms with E-state index in [1.165, 1.54) is 11.1 Å². The largest absolute Gasteiger partial charge is 0.466 e. The standard InChI is InChI=1S/C15H20O2/c1-4-17-15(16)14-9-13(14)12-7-5-11(6-8-12)10(2)3/h5-8,10,13-14H,4,9H2,1-3H3/t13-,14+/m0/s1. The zero-order chi connectivity index (χ0) is 12.4. The van der Waals surface area contributed by atoms with Crippen LogP contribution in [0.25, 0.3) is 0 Å². The van der Waals surface area contributed by atoms with E-state index in [9.17, 15) is 4.79 Å². The SMILES string of the molecule is CCOC(=O)[C@@H]1C[C@H]1c1ccc(C(C)C)cc1. The minimum Gasteiger partial charge on any atom is -0.466 e. The van der Waals surface area contributed by atoms with Crippen molar-refractivity contribution in [1.82, 2.24) is 0 Å². The zero-order valence-electron chi connectivity index (χ0n) is 10.8. The van der Waals surface area contributed by atoms with Crippen molar-refractivity contribution in [2.75, 3.05) is 6.61 Å². The Morgan fingerprint density at radius 2 is 2.00 bits per heavy atom. The molecule has 0 spiro atoms. The molecule has 92 valence electrons. The summed E-state index contributed by atoms with van der Waals surface area (Å²) in [7, 11) is 0. The summed E-state index contributed by atoms with van der Waals surface area (Å²) in [6.07, 6.45) is 0.944. The minimum atomic E-state index is -0.0366. The van der Waals surface area contributed by atoms with Crippen LogP contribution in [0.4, 0.5) is 0 Å². The fraction of sp³-hybridized carbons (Fsp3) is 0.533. The van der Waals surface area contributed by atoms with Crippen molar-refractivity contribution in [1.29, 1.82) is 0 Å². The summed E-state index contributed by atoms with van der Waals surface area (Å²) in [6.45, 7) is 6.71. The predicted octanol–water partition coefficient (Wildman–Crippen LogP) is 3.48. The molecule has 1 aliphatic rings. The van der Waals surface area contributed by atoms with E-state index in [1.807, 2.05) is 6.92 Å². The maximum absolute atomic E-state index is 11.5. The van der Waals surface area contributed by atoms with Crippen LogP contribution in [-0.4, -0.2) is 12.6 Å². The topological polar surface area (TPSA) is 26.3 Å². The van der Waals surface area contributed by atoms with Gasteiger partial charge in [-0.05, 0) is 36.3 Å². The second-order valence-electron chi connectivity index (χ2n) is 5.02. The molecule has 0 radical (unpaired) electrons. The smallest absolute Gasteiger partial charge is 0.309 e. The Balaban J connectivity index is 1.99. The lowest BCUT2D eigenvalue weighted by Gasteiger charge is -2.06. The molecule has 1 aliphatic carbocycles. The maximum Gasteiger partial charge on any atom is 0.309 e. The summed E-state index contributed by atoms with van der Waals surface area (Å²) >= 11 is 0. The first kappa shape index (κ1) is 12.2. The second-order valence-corrected chi connectivity index (χ2v) is 5.02. The second kappa shape index (κ2) is 4.91. The Hall–Kier alpha value is -1.31. The van der Waals surface area contributed by atoms with Crippen LogP contribution in [0.5, 0.6) is 0 Å². The lowest BCUT2D eigenvalue weighted by atomic mass is 10.00. The molecule has 2 rings (SSSR count). The van der Waals surface area contributed by atoms with Gasteiger partial charge in [-0.3, -0.25) is 4.79 Å². The Kier molecular flexibility index (Phi) is 3.51. The van der Waals surface area contributed by atoms with Gasteiger partial charge in [-0.2, -0.15) is 0 Å². The van der Waals surface area contributed by atoms with Gasteiger partial charge in [-0.25, -0.2) is 0 Å². The van der Waals surface area contributed by atoms with E-state index in [4.69, 9.17) is 4.74 Å². The van der Waals surface area contributed by atoms with Gasteiger partial charge in [0.25, 0.3) is 0 Å². The molecule has 17 heavy (non-hydrogen) atoms. The molecular formula is C15H20O2. The first-order valence-electron chi connectivity index (χ1n) is 6.40. The van der Waals surface area contributed by atoms with Gasteiger partial charge in [-0.1, -0.05) is 38.1 Å².